The van der Waals surface area contributed by atoms with Gasteiger partial charge in [-0.1, -0.05) is 23.5 Å². The minimum atomic E-state index is -0.529. The smallest absolute Gasteiger partial charge is 0.254 e. The van der Waals surface area contributed by atoms with Crippen LogP contribution in [0.25, 0.3) is 0 Å². The Balaban J connectivity index is 2.01. The first kappa shape index (κ1) is 15.2. The number of amides is 1. The van der Waals surface area contributed by atoms with Crippen LogP contribution in [0.4, 0.5) is 4.39 Å². The summed E-state index contributed by atoms with van der Waals surface area (Å²) in [6.45, 7) is 1.94. The Morgan fingerprint density at radius 2 is 2.19 bits per heavy atom. The Morgan fingerprint density at radius 3 is 2.95 bits per heavy atom. The average molecular weight is 303 g/mol. The van der Waals surface area contributed by atoms with Crippen LogP contribution in [-0.2, 0) is 6.54 Å². The van der Waals surface area contributed by atoms with Crippen molar-refractivity contribution in [3.05, 3.63) is 57.0 Å². The van der Waals surface area contributed by atoms with Crippen LogP contribution in [0.15, 0.2) is 30.3 Å². The summed E-state index contributed by atoms with van der Waals surface area (Å²) in [5.41, 5.74) is 0.881. The maximum Gasteiger partial charge on any atom is 0.254 e. The van der Waals surface area contributed by atoms with Gasteiger partial charge in [0.1, 0.15) is 12.4 Å². The quantitative estimate of drug-likeness (QED) is 0.856. The summed E-state index contributed by atoms with van der Waals surface area (Å²) in [5.74, 6) is 4.39. The van der Waals surface area contributed by atoms with Crippen molar-refractivity contribution >= 4 is 17.2 Å². The SMILES string of the molecule is Cc1ccc(F)c(C(=O)NCc2ccc(C#CCO)s2)c1. The van der Waals surface area contributed by atoms with E-state index in [1.54, 1.807) is 6.07 Å². The van der Waals surface area contributed by atoms with Crippen LogP contribution in [-0.4, -0.2) is 17.6 Å². The molecule has 0 fully saturated rings. The van der Waals surface area contributed by atoms with Crippen molar-refractivity contribution in [2.75, 3.05) is 6.61 Å². The van der Waals surface area contributed by atoms with E-state index in [-0.39, 0.29) is 12.2 Å². The molecular weight excluding hydrogens is 289 g/mol. The van der Waals surface area contributed by atoms with E-state index >= 15 is 0 Å². The Labute approximate surface area is 126 Å². The summed E-state index contributed by atoms with van der Waals surface area (Å²) in [4.78, 5) is 13.7. The van der Waals surface area contributed by atoms with Crippen molar-refractivity contribution in [3.8, 4) is 11.8 Å². The molecule has 0 aliphatic carbocycles. The van der Waals surface area contributed by atoms with Crippen LogP contribution in [0.3, 0.4) is 0 Å². The van der Waals surface area contributed by atoms with Crippen molar-refractivity contribution in [2.45, 2.75) is 13.5 Å². The highest BCUT2D eigenvalue weighted by molar-refractivity contribution is 7.12. The molecule has 0 aliphatic heterocycles. The first-order chi connectivity index (χ1) is 10.1. The van der Waals surface area contributed by atoms with Crippen LogP contribution in [0.1, 0.15) is 25.7 Å². The van der Waals surface area contributed by atoms with Gasteiger partial charge in [-0.15, -0.1) is 11.3 Å². The highest BCUT2D eigenvalue weighted by Crippen LogP contribution is 2.16. The lowest BCUT2D eigenvalue weighted by atomic mass is 10.1. The zero-order valence-corrected chi connectivity index (χ0v) is 12.3. The normalized spacial score (nSPS) is 9.86. The van der Waals surface area contributed by atoms with E-state index in [0.717, 1.165) is 15.3 Å². The molecule has 0 bridgehead atoms. The van der Waals surface area contributed by atoms with Gasteiger partial charge in [0.05, 0.1) is 17.0 Å². The molecule has 21 heavy (non-hydrogen) atoms. The number of benzene rings is 1. The van der Waals surface area contributed by atoms with Gasteiger partial charge < -0.3 is 10.4 Å². The lowest BCUT2D eigenvalue weighted by molar-refractivity contribution is 0.0947. The van der Waals surface area contributed by atoms with Gasteiger partial charge in [0.15, 0.2) is 0 Å². The van der Waals surface area contributed by atoms with Gasteiger partial charge in [0.25, 0.3) is 5.91 Å². The highest BCUT2D eigenvalue weighted by Gasteiger charge is 2.11. The fourth-order valence-corrected chi connectivity index (χ4v) is 2.56. The predicted octanol–water partition coefficient (Wildman–Crippen LogP) is 2.47. The van der Waals surface area contributed by atoms with E-state index in [1.165, 1.54) is 23.5 Å². The summed E-state index contributed by atoms with van der Waals surface area (Å²) in [6, 6.07) is 8.10. The van der Waals surface area contributed by atoms with Crippen LogP contribution in [0.2, 0.25) is 0 Å². The second kappa shape index (κ2) is 7.02. The van der Waals surface area contributed by atoms with Gasteiger partial charge in [0, 0.05) is 4.88 Å². The number of carbonyl (C=O) groups is 1. The summed E-state index contributed by atoms with van der Waals surface area (Å²) < 4.78 is 13.6. The number of aliphatic hydroxyl groups excluding tert-OH is 1. The number of hydrogen-bond donors (Lipinski definition) is 2. The molecule has 1 aromatic carbocycles. The molecule has 0 saturated carbocycles. The van der Waals surface area contributed by atoms with Gasteiger partial charge in [0.2, 0.25) is 0 Å². The second-order valence-corrected chi connectivity index (χ2v) is 5.56. The summed E-state index contributed by atoms with van der Waals surface area (Å²) in [7, 11) is 0. The van der Waals surface area contributed by atoms with Gasteiger partial charge >= 0.3 is 0 Å². The monoisotopic (exact) mass is 303 g/mol. The largest absolute Gasteiger partial charge is 0.384 e. The van der Waals surface area contributed by atoms with E-state index in [1.807, 2.05) is 19.1 Å². The molecule has 2 aromatic rings. The van der Waals surface area contributed by atoms with Crippen LogP contribution in [0.5, 0.6) is 0 Å². The van der Waals surface area contributed by atoms with Crippen molar-refractivity contribution in [2.24, 2.45) is 0 Å². The number of aliphatic hydroxyl groups is 1. The number of nitrogens with one attached hydrogen (secondary N) is 1. The molecule has 0 atom stereocenters. The Hall–Kier alpha value is -2.16. The molecular formula is C16H14FNO2S. The standard InChI is InChI=1S/C16H14FNO2S/c1-11-4-7-15(17)14(9-11)16(20)18-10-13-6-5-12(21-13)3-2-8-19/h4-7,9,19H,8,10H2,1H3,(H,18,20). The zero-order valence-electron chi connectivity index (χ0n) is 11.4. The van der Waals surface area contributed by atoms with Crippen molar-refractivity contribution in [1.82, 2.24) is 5.32 Å². The Morgan fingerprint density at radius 1 is 1.38 bits per heavy atom. The van der Waals surface area contributed by atoms with E-state index in [2.05, 4.69) is 17.2 Å². The average Bonchev–Trinajstić information content (AvgIpc) is 2.93. The lowest BCUT2D eigenvalue weighted by Crippen LogP contribution is -2.23. The number of halogens is 1. The van der Waals surface area contributed by atoms with E-state index in [9.17, 15) is 9.18 Å². The van der Waals surface area contributed by atoms with Crippen LogP contribution in [0, 0.1) is 24.6 Å². The van der Waals surface area contributed by atoms with Crippen LogP contribution < -0.4 is 5.32 Å². The maximum atomic E-state index is 13.6. The van der Waals surface area contributed by atoms with Gasteiger partial charge in [-0.3, -0.25) is 4.79 Å². The minimum Gasteiger partial charge on any atom is -0.384 e. The van der Waals surface area contributed by atoms with E-state index < -0.39 is 11.7 Å². The summed E-state index contributed by atoms with van der Waals surface area (Å²) in [5, 5.41) is 11.3. The fraction of sp³-hybridized carbons (Fsp3) is 0.188. The second-order valence-electron chi connectivity index (χ2n) is 4.39. The Kier molecular flexibility index (Phi) is 5.09. The molecule has 5 heteroatoms. The molecule has 2 N–H and O–H groups in total. The van der Waals surface area contributed by atoms with Crippen molar-refractivity contribution in [1.29, 1.82) is 0 Å². The first-order valence-electron chi connectivity index (χ1n) is 6.33. The molecule has 1 aromatic heterocycles. The third kappa shape index (κ3) is 4.15. The third-order valence-corrected chi connectivity index (χ3v) is 3.74. The van der Waals surface area contributed by atoms with Gasteiger partial charge in [-0.2, -0.15) is 0 Å². The molecule has 0 radical (unpaired) electrons. The zero-order chi connectivity index (χ0) is 15.2. The molecule has 0 spiro atoms. The topological polar surface area (TPSA) is 49.3 Å². The Bertz CT molecular complexity index is 713. The third-order valence-electron chi connectivity index (χ3n) is 2.74. The summed E-state index contributed by atoms with van der Waals surface area (Å²) in [6.07, 6.45) is 0. The predicted molar refractivity (Wildman–Crippen MR) is 80.6 cm³/mol. The van der Waals surface area contributed by atoms with E-state index in [4.69, 9.17) is 5.11 Å². The lowest BCUT2D eigenvalue weighted by Gasteiger charge is -2.05. The number of carbonyl (C=O) groups excluding carboxylic acids is 1. The van der Waals surface area contributed by atoms with Gasteiger partial charge in [-0.05, 0) is 31.2 Å². The summed E-state index contributed by atoms with van der Waals surface area (Å²) >= 11 is 1.42. The maximum absolute atomic E-state index is 13.6. The number of hydrogen-bond acceptors (Lipinski definition) is 3. The van der Waals surface area contributed by atoms with Crippen molar-refractivity contribution in [3.63, 3.8) is 0 Å². The highest BCUT2D eigenvalue weighted by atomic mass is 32.1. The number of aryl methyl sites for hydroxylation is 1. The molecule has 1 heterocycles. The molecule has 2 rings (SSSR count). The molecule has 1 amide bonds. The number of thiophene rings is 1. The molecule has 0 saturated heterocycles. The van der Waals surface area contributed by atoms with E-state index in [0.29, 0.717) is 6.54 Å². The fourth-order valence-electron chi connectivity index (χ4n) is 1.74. The molecule has 3 nitrogen and oxygen atoms in total. The molecule has 0 aliphatic rings. The number of rotatable bonds is 3. The molecule has 108 valence electrons. The van der Waals surface area contributed by atoms with Gasteiger partial charge in [-0.25, -0.2) is 4.39 Å². The first-order valence-corrected chi connectivity index (χ1v) is 7.14. The molecule has 0 unspecified atom stereocenters. The minimum absolute atomic E-state index is 0.0480. The van der Waals surface area contributed by atoms with Crippen molar-refractivity contribution < 1.29 is 14.3 Å². The van der Waals surface area contributed by atoms with Crippen LogP contribution >= 0.6 is 11.3 Å².